The molecule has 6 nitrogen and oxygen atoms in total. The minimum Gasteiger partial charge on any atom is -0.357 e. The van der Waals surface area contributed by atoms with Crippen molar-refractivity contribution in [3.63, 3.8) is 0 Å². The van der Waals surface area contributed by atoms with Crippen LogP contribution < -0.4 is 10.6 Å². The third-order valence-corrected chi connectivity index (χ3v) is 1.92. The van der Waals surface area contributed by atoms with Gasteiger partial charge < -0.3 is 15.6 Å². The second kappa shape index (κ2) is 5.14. The van der Waals surface area contributed by atoms with Gasteiger partial charge in [0.05, 0.1) is 6.33 Å². The Hall–Kier alpha value is -1.85. The topological polar surface area (TPSA) is 86.9 Å². The molecule has 0 aromatic carbocycles. The number of imidazole rings is 1. The van der Waals surface area contributed by atoms with Gasteiger partial charge in [-0.25, -0.2) is 4.98 Å². The van der Waals surface area contributed by atoms with E-state index in [-0.39, 0.29) is 11.8 Å². The van der Waals surface area contributed by atoms with E-state index in [0.29, 0.717) is 6.42 Å². The highest BCUT2D eigenvalue weighted by Gasteiger charge is 2.18. The summed E-state index contributed by atoms with van der Waals surface area (Å²) in [6.45, 7) is 1.38. The van der Waals surface area contributed by atoms with Crippen LogP contribution in [0.4, 0.5) is 0 Å². The maximum absolute atomic E-state index is 11.4. The Morgan fingerprint density at radius 3 is 2.80 bits per heavy atom. The zero-order valence-corrected chi connectivity index (χ0v) is 8.70. The van der Waals surface area contributed by atoms with Crippen LogP contribution in [0.2, 0.25) is 0 Å². The monoisotopic (exact) mass is 210 g/mol. The molecule has 82 valence electrons. The van der Waals surface area contributed by atoms with Gasteiger partial charge in [-0.2, -0.15) is 0 Å². The lowest BCUT2D eigenvalue weighted by molar-refractivity contribution is -0.127. The fourth-order valence-electron chi connectivity index (χ4n) is 1.25. The number of aromatic amines is 1. The molecule has 0 radical (unpaired) electrons. The Morgan fingerprint density at radius 2 is 2.33 bits per heavy atom. The van der Waals surface area contributed by atoms with E-state index >= 15 is 0 Å². The Morgan fingerprint density at radius 1 is 1.60 bits per heavy atom. The highest BCUT2D eigenvalue weighted by molar-refractivity contribution is 5.86. The van der Waals surface area contributed by atoms with Crippen LogP contribution in [0.1, 0.15) is 12.6 Å². The molecule has 0 saturated carbocycles. The maximum Gasteiger partial charge on any atom is 0.242 e. The number of likely N-dealkylation sites (N-methyl/N-ethyl adjacent to an activating group) is 1. The van der Waals surface area contributed by atoms with Gasteiger partial charge in [-0.1, -0.05) is 0 Å². The fourth-order valence-corrected chi connectivity index (χ4v) is 1.25. The number of nitrogens with one attached hydrogen (secondary N) is 3. The van der Waals surface area contributed by atoms with Gasteiger partial charge in [0.15, 0.2) is 0 Å². The number of amides is 2. The smallest absolute Gasteiger partial charge is 0.242 e. The van der Waals surface area contributed by atoms with E-state index in [1.165, 1.54) is 20.3 Å². The van der Waals surface area contributed by atoms with Crippen molar-refractivity contribution in [1.82, 2.24) is 20.6 Å². The van der Waals surface area contributed by atoms with Crippen LogP contribution >= 0.6 is 0 Å². The number of rotatable bonds is 4. The van der Waals surface area contributed by atoms with Crippen LogP contribution in [-0.4, -0.2) is 34.9 Å². The molecule has 0 unspecified atom stereocenters. The van der Waals surface area contributed by atoms with E-state index in [0.717, 1.165) is 5.69 Å². The molecule has 1 aromatic heterocycles. The van der Waals surface area contributed by atoms with Crippen molar-refractivity contribution >= 4 is 11.8 Å². The van der Waals surface area contributed by atoms with Crippen LogP contribution in [-0.2, 0) is 16.0 Å². The van der Waals surface area contributed by atoms with E-state index in [9.17, 15) is 9.59 Å². The molecule has 1 aromatic rings. The molecular weight excluding hydrogens is 196 g/mol. The highest BCUT2D eigenvalue weighted by Crippen LogP contribution is 1.98. The lowest BCUT2D eigenvalue weighted by atomic mass is 10.1. The first-order valence-corrected chi connectivity index (χ1v) is 4.59. The second-order valence-electron chi connectivity index (χ2n) is 3.15. The zero-order chi connectivity index (χ0) is 11.3. The van der Waals surface area contributed by atoms with E-state index in [1.807, 2.05) is 0 Å². The van der Waals surface area contributed by atoms with Crippen LogP contribution in [0.15, 0.2) is 12.5 Å². The van der Waals surface area contributed by atoms with Crippen LogP contribution in [0.3, 0.4) is 0 Å². The molecule has 0 fully saturated rings. The Balaban J connectivity index is 2.64. The van der Waals surface area contributed by atoms with Crippen molar-refractivity contribution < 1.29 is 9.59 Å². The standard InChI is InChI=1S/C9H14N4O2/c1-6(14)13-8(9(15)10-2)3-7-4-11-5-12-7/h4-5,8H,3H2,1-2H3,(H,10,15)(H,11,12)(H,13,14)/t8-/m0/s1. The molecule has 0 aliphatic heterocycles. The highest BCUT2D eigenvalue weighted by atomic mass is 16.2. The Labute approximate surface area is 87.5 Å². The summed E-state index contributed by atoms with van der Waals surface area (Å²) in [6, 6.07) is -0.562. The summed E-state index contributed by atoms with van der Waals surface area (Å²) in [6.07, 6.45) is 3.56. The predicted molar refractivity (Wildman–Crippen MR) is 54.0 cm³/mol. The number of carbonyl (C=O) groups is 2. The maximum atomic E-state index is 11.4. The van der Waals surface area contributed by atoms with E-state index < -0.39 is 6.04 Å². The molecule has 0 aliphatic rings. The molecule has 0 saturated heterocycles. The Kier molecular flexibility index (Phi) is 3.84. The quantitative estimate of drug-likeness (QED) is 0.608. The zero-order valence-electron chi connectivity index (χ0n) is 8.70. The molecular formula is C9H14N4O2. The van der Waals surface area contributed by atoms with Crippen LogP contribution in [0.25, 0.3) is 0 Å². The summed E-state index contributed by atoms with van der Waals surface area (Å²) in [5.74, 6) is -0.456. The number of nitrogens with zero attached hydrogens (tertiary/aromatic N) is 1. The third-order valence-electron chi connectivity index (χ3n) is 1.92. The molecule has 3 N–H and O–H groups in total. The fraction of sp³-hybridized carbons (Fsp3) is 0.444. The summed E-state index contributed by atoms with van der Waals surface area (Å²) in [7, 11) is 1.53. The van der Waals surface area contributed by atoms with Crippen molar-refractivity contribution in [2.24, 2.45) is 0 Å². The van der Waals surface area contributed by atoms with Gasteiger partial charge in [0.2, 0.25) is 11.8 Å². The van der Waals surface area contributed by atoms with E-state index in [4.69, 9.17) is 0 Å². The molecule has 1 heterocycles. The van der Waals surface area contributed by atoms with E-state index in [2.05, 4.69) is 20.6 Å². The average Bonchev–Trinajstić information content (AvgIpc) is 2.67. The van der Waals surface area contributed by atoms with Gasteiger partial charge in [0, 0.05) is 32.3 Å². The van der Waals surface area contributed by atoms with Crippen LogP contribution in [0, 0.1) is 0 Å². The van der Waals surface area contributed by atoms with Crippen LogP contribution in [0.5, 0.6) is 0 Å². The summed E-state index contributed by atoms with van der Waals surface area (Å²) >= 11 is 0. The van der Waals surface area contributed by atoms with Gasteiger partial charge in [0.25, 0.3) is 0 Å². The normalized spacial score (nSPS) is 11.9. The summed E-state index contributed by atoms with van der Waals surface area (Å²) in [5.41, 5.74) is 0.803. The number of hydrogen-bond donors (Lipinski definition) is 3. The predicted octanol–water partition coefficient (Wildman–Crippen LogP) is -0.797. The molecule has 2 amide bonds. The van der Waals surface area contributed by atoms with Gasteiger partial charge in [-0.3, -0.25) is 9.59 Å². The third kappa shape index (κ3) is 3.41. The van der Waals surface area contributed by atoms with Crippen molar-refractivity contribution in [2.75, 3.05) is 7.05 Å². The first kappa shape index (κ1) is 11.2. The minimum absolute atomic E-state index is 0.222. The minimum atomic E-state index is -0.562. The largest absolute Gasteiger partial charge is 0.357 e. The molecule has 0 spiro atoms. The van der Waals surface area contributed by atoms with Gasteiger partial charge in [-0.05, 0) is 0 Å². The molecule has 1 rings (SSSR count). The van der Waals surface area contributed by atoms with Crippen molar-refractivity contribution in [2.45, 2.75) is 19.4 Å². The van der Waals surface area contributed by atoms with Gasteiger partial charge >= 0.3 is 0 Å². The molecule has 15 heavy (non-hydrogen) atoms. The number of hydrogen-bond acceptors (Lipinski definition) is 3. The lowest BCUT2D eigenvalue weighted by Crippen LogP contribution is -2.46. The van der Waals surface area contributed by atoms with Crippen molar-refractivity contribution in [3.8, 4) is 0 Å². The summed E-state index contributed by atoms with van der Waals surface area (Å²) in [4.78, 5) is 29.0. The first-order valence-electron chi connectivity index (χ1n) is 4.59. The second-order valence-corrected chi connectivity index (χ2v) is 3.15. The summed E-state index contributed by atoms with van der Waals surface area (Å²) in [5, 5.41) is 5.06. The number of H-pyrrole nitrogens is 1. The average molecular weight is 210 g/mol. The molecule has 0 bridgehead atoms. The van der Waals surface area contributed by atoms with Gasteiger partial charge in [0.1, 0.15) is 6.04 Å². The lowest BCUT2D eigenvalue weighted by Gasteiger charge is -2.14. The molecule has 6 heteroatoms. The molecule has 1 atom stereocenters. The van der Waals surface area contributed by atoms with Crippen molar-refractivity contribution in [1.29, 1.82) is 0 Å². The first-order chi connectivity index (χ1) is 7.13. The number of aromatic nitrogens is 2. The SMILES string of the molecule is CNC(=O)[C@H](Cc1cnc[nH]1)NC(C)=O. The summed E-state index contributed by atoms with van der Waals surface area (Å²) < 4.78 is 0. The van der Waals surface area contributed by atoms with E-state index in [1.54, 1.807) is 6.20 Å². The van der Waals surface area contributed by atoms with Crippen molar-refractivity contribution in [3.05, 3.63) is 18.2 Å². The van der Waals surface area contributed by atoms with Gasteiger partial charge in [-0.15, -0.1) is 0 Å². The molecule has 0 aliphatic carbocycles. The number of carbonyl (C=O) groups excluding carboxylic acids is 2. The Bertz CT molecular complexity index is 334.